The normalized spacial score (nSPS) is 19.6. The van der Waals surface area contributed by atoms with Gasteiger partial charge in [-0.1, -0.05) is 71.3 Å². The Morgan fingerprint density at radius 1 is 1.08 bits per heavy atom. The van der Waals surface area contributed by atoms with E-state index in [-0.39, 0.29) is 6.04 Å². The molecule has 2 aliphatic heterocycles. The van der Waals surface area contributed by atoms with Crippen LogP contribution in [0.3, 0.4) is 0 Å². The molecule has 0 fully saturated rings. The number of fused-ring (bicyclic) bond motifs is 11. The molecule has 2 aromatic carbocycles. The minimum absolute atomic E-state index is 0.258. The zero-order chi connectivity index (χ0) is 34.1. The van der Waals surface area contributed by atoms with Gasteiger partial charge in [-0.05, 0) is 79.6 Å². The third kappa shape index (κ3) is 5.22. The van der Waals surface area contributed by atoms with E-state index < -0.39 is 8.07 Å². The van der Waals surface area contributed by atoms with Crippen molar-refractivity contribution in [2.24, 2.45) is 0 Å². The molecule has 0 N–H and O–H groups in total. The fourth-order valence-electron chi connectivity index (χ4n) is 8.57. The lowest BCUT2D eigenvalue weighted by Gasteiger charge is -2.33. The van der Waals surface area contributed by atoms with Gasteiger partial charge in [0.25, 0.3) is 0 Å². The lowest BCUT2D eigenvalue weighted by atomic mass is 9.77. The minimum Gasteiger partial charge on any atom is -0.437 e. The number of nitrogens with zero attached hydrogens (tertiary/aromatic N) is 3. The molecular formula is C43H51N3OSi+2. The first kappa shape index (κ1) is 32.5. The number of aromatic nitrogens is 2. The first-order chi connectivity index (χ1) is 22.9. The largest absolute Gasteiger partial charge is 0.437 e. The Morgan fingerprint density at radius 3 is 2.56 bits per heavy atom. The molecule has 0 saturated carbocycles. The summed E-state index contributed by atoms with van der Waals surface area (Å²) in [6.07, 6.45) is 8.44. The van der Waals surface area contributed by atoms with Crippen molar-refractivity contribution in [3.63, 3.8) is 0 Å². The topological polar surface area (TPSA) is 32.9 Å². The molecule has 0 spiro atoms. The highest BCUT2D eigenvalue weighted by atomic mass is 28.3. The van der Waals surface area contributed by atoms with Crippen molar-refractivity contribution in [1.82, 2.24) is 4.98 Å². The lowest BCUT2D eigenvalue weighted by Crippen LogP contribution is -2.54. The van der Waals surface area contributed by atoms with Gasteiger partial charge in [0.15, 0.2) is 23.5 Å². The molecule has 0 aliphatic carbocycles. The zero-order valence-electron chi connectivity index (χ0n) is 30.2. The molecule has 2 atom stereocenters. The highest BCUT2D eigenvalue weighted by molar-refractivity contribution is 6.89. The highest BCUT2D eigenvalue weighted by Crippen LogP contribution is 2.45. The van der Waals surface area contributed by atoms with Crippen LogP contribution < -0.4 is 9.75 Å². The van der Waals surface area contributed by atoms with Crippen molar-refractivity contribution in [3.05, 3.63) is 113 Å². The van der Waals surface area contributed by atoms with Gasteiger partial charge >= 0.3 is 0 Å². The number of rotatable bonds is 5. The fraction of sp³-hybridized carbons (Fsp3) is 0.372. The molecule has 7 rings (SSSR count). The molecule has 0 amide bonds. The van der Waals surface area contributed by atoms with Crippen molar-refractivity contribution in [1.29, 1.82) is 0 Å². The average Bonchev–Trinajstić information content (AvgIpc) is 3.42. The van der Waals surface area contributed by atoms with E-state index in [2.05, 4.69) is 118 Å². The van der Waals surface area contributed by atoms with E-state index in [1.54, 1.807) is 5.19 Å². The molecule has 0 radical (unpaired) electrons. The van der Waals surface area contributed by atoms with Crippen LogP contribution in [-0.2, 0) is 6.42 Å². The summed E-state index contributed by atoms with van der Waals surface area (Å²) >= 11 is 0. The van der Waals surface area contributed by atoms with Gasteiger partial charge in [-0.2, -0.15) is 9.14 Å². The van der Waals surface area contributed by atoms with Gasteiger partial charge in [-0.15, -0.1) is 0 Å². The SMILES string of the molecule is C=C/C1=[N+](\CCC)C(=C)CC2C(CCc3cc(C)c4c(oc5nc(C)ccc54)c31)c1ccccc1-c1cc(C(C)C)c([Si](C)(C)C)c[n+]12. The smallest absolute Gasteiger partial charge is 0.227 e. The predicted octanol–water partition coefficient (Wildman–Crippen LogP) is 9.81. The van der Waals surface area contributed by atoms with Crippen molar-refractivity contribution in [3.8, 4) is 11.3 Å². The summed E-state index contributed by atoms with van der Waals surface area (Å²) in [6, 6.07) is 18.6. The maximum Gasteiger partial charge on any atom is 0.227 e. The van der Waals surface area contributed by atoms with Gasteiger partial charge in [-0.25, -0.2) is 4.98 Å². The van der Waals surface area contributed by atoms with Crippen LogP contribution in [0.2, 0.25) is 19.6 Å². The summed E-state index contributed by atoms with van der Waals surface area (Å²) in [5.74, 6) is 0.813. The Balaban J connectivity index is 1.51. The molecule has 48 heavy (non-hydrogen) atoms. The Morgan fingerprint density at radius 2 is 1.85 bits per heavy atom. The minimum atomic E-state index is -1.63. The van der Waals surface area contributed by atoms with Crippen molar-refractivity contribution in [2.75, 3.05) is 6.54 Å². The molecule has 0 bridgehead atoms. The van der Waals surface area contributed by atoms with E-state index in [1.165, 1.54) is 33.5 Å². The number of hydrogen-bond donors (Lipinski definition) is 0. The Labute approximate surface area is 287 Å². The fourth-order valence-corrected chi connectivity index (χ4v) is 10.3. The van der Waals surface area contributed by atoms with Gasteiger partial charge in [0, 0.05) is 51.7 Å². The van der Waals surface area contributed by atoms with E-state index in [4.69, 9.17) is 16.0 Å². The number of allylic oxidation sites excluding steroid dienone is 2. The van der Waals surface area contributed by atoms with Gasteiger partial charge in [0.1, 0.15) is 6.54 Å². The third-order valence-electron chi connectivity index (χ3n) is 10.8. The quantitative estimate of drug-likeness (QED) is 0.140. The standard InChI is InChI=1S/C43H51N3OSi/c1-11-21-45-29(7)23-37-33(31-15-13-14-16-32(31)38-24-35(26(3)4)39(25-46(37)38)48(8,9)10)20-18-30-22-27(5)40-34-19-17-28(6)44-43(34)47-42(40)41(30)36(45)12-2/h12-17,19,22,24-26,33,37H,2,7,11,18,20-21,23H2,1,3-6,8-10H3/q+2/b45-36-. The Kier molecular flexibility index (Phi) is 8.18. The van der Waals surface area contributed by atoms with Crippen molar-refractivity contribution >= 4 is 41.0 Å². The summed E-state index contributed by atoms with van der Waals surface area (Å²) in [5.41, 5.74) is 14.2. The van der Waals surface area contributed by atoms with Gasteiger partial charge in [0.2, 0.25) is 17.1 Å². The number of benzene rings is 2. The highest BCUT2D eigenvalue weighted by Gasteiger charge is 2.44. The van der Waals surface area contributed by atoms with E-state index >= 15 is 0 Å². The molecular weight excluding hydrogens is 603 g/mol. The van der Waals surface area contributed by atoms with E-state index in [0.717, 1.165) is 71.2 Å². The van der Waals surface area contributed by atoms with Crippen LogP contribution in [0.5, 0.6) is 0 Å². The molecule has 5 heterocycles. The van der Waals surface area contributed by atoms with Crippen LogP contribution in [0.4, 0.5) is 0 Å². The summed E-state index contributed by atoms with van der Waals surface area (Å²) in [5, 5.41) is 3.80. The van der Waals surface area contributed by atoms with Crippen LogP contribution in [0.15, 0.2) is 84.1 Å². The summed E-state index contributed by atoms with van der Waals surface area (Å²) in [7, 11) is -1.63. The number of hydrogen-bond acceptors (Lipinski definition) is 2. The first-order valence-electron chi connectivity index (χ1n) is 17.9. The second-order valence-electron chi connectivity index (χ2n) is 15.5. The number of aryl methyl sites for hydroxylation is 3. The number of pyridine rings is 2. The maximum absolute atomic E-state index is 6.72. The van der Waals surface area contributed by atoms with Crippen LogP contribution in [0, 0.1) is 13.8 Å². The van der Waals surface area contributed by atoms with E-state index in [9.17, 15) is 0 Å². The van der Waals surface area contributed by atoms with Crippen LogP contribution in [0.25, 0.3) is 33.3 Å². The van der Waals surface area contributed by atoms with Crippen LogP contribution in [-0.4, -0.2) is 29.9 Å². The van der Waals surface area contributed by atoms with Crippen molar-refractivity contribution < 1.29 is 13.6 Å². The van der Waals surface area contributed by atoms with Crippen LogP contribution >= 0.6 is 0 Å². The summed E-state index contributed by atoms with van der Waals surface area (Å²) < 4.78 is 11.8. The molecule has 2 unspecified atom stereocenters. The second kappa shape index (κ2) is 12.1. The summed E-state index contributed by atoms with van der Waals surface area (Å²) in [4.78, 5) is 4.81. The summed E-state index contributed by atoms with van der Waals surface area (Å²) in [6.45, 7) is 28.8. The van der Waals surface area contributed by atoms with Crippen molar-refractivity contribution in [2.45, 2.75) is 97.8 Å². The third-order valence-corrected chi connectivity index (χ3v) is 12.8. The molecule has 5 aromatic rings. The molecule has 2 aliphatic rings. The van der Waals surface area contributed by atoms with Gasteiger partial charge in [-0.3, -0.25) is 0 Å². The monoisotopic (exact) mass is 653 g/mol. The molecule has 3 aromatic heterocycles. The molecule has 0 saturated heterocycles. The predicted molar refractivity (Wildman–Crippen MR) is 204 cm³/mol. The Bertz CT molecular complexity index is 2160. The molecule has 4 nitrogen and oxygen atoms in total. The number of furan rings is 1. The lowest BCUT2D eigenvalue weighted by molar-refractivity contribution is -0.719. The Hall–Kier alpha value is -4.09. The van der Waals surface area contributed by atoms with E-state index in [0.29, 0.717) is 17.5 Å². The molecule has 5 heteroatoms. The van der Waals surface area contributed by atoms with Crippen LogP contribution in [0.1, 0.15) is 91.4 Å². The van der Waals surface area contributed by atoms with Gasteiger partial charge in [0.05, 0.1) is 20.1 Å². The first-order valence-corrected chi connectivity index (χ1v) is 21.4. The molecule has 246 valence electrons. The van der Waals surface area contributed by atoms with Gasteiger partial charge < -0.3 is 4.42 Å². The maximum atomic E-state index is 6.72. The zero-order valence-corrected chi connectivity index (χ0v) is 31.2. The average molecular weight is 654 g/mol. The second-order valence-corrected chi connectivity index (χ2v) is 20.5. The van der Waals surface area contributed by atoms with E-state index in [1.807, 2.05) is 13.0 Å².